The van der Waals surface area contributed by atoms with Crippen LogP contribution in [0.3, 0.4) is 0 Å². The Morgan fingerprint density at radius 3 is 2.70 bits per heavy atom. The number of para-hydroxylation sites is 1. The van der Waals surface area contributed by atoms with Crippen molar-refractivity contribution in [3.8, 4) is 0 Å². The minimum Gasteiger partial charge on any atom is -0.292 e. The Labute approximate surface area is 124 Å². The number of ketones is 1. The molecule has 0 aliphatic rings. The van der Waals surface area contributed by atoms with Crippen LogP contribution >= 0.6 is 15.9 Å². The minimum absolute atomic E-state index is 0.0275. The average Bonchev–Trinajstić information content (AvgIpc) is 2.48. The van der Waals surface area contributed by atoms with Gasteiger partial charge in [0, 0.05) is 21.7 Å². The molecule has 0 amide bonds. The van der Waals surface area contributed by atoms with Gasteiger partial charge < -0.3 is 0 Å². The van der Waals surface area contributed by atoms with Gasteiger partial charge in [-0.1, -0.05) is 24.3 Å². The molecule has 98 valence electrons. The first-order valence-corrected chi connectivity index (χ1v) is 7.01. The molecule has 2 aromatic heterocycles. The lowest BCUT2D eigenvalue weighted by Gasteiger charge is -2.03. The zero-order chi connectivity index (χ0) is 13.9. The standard InChI is InChI=1S/C16H11BrN2O/c17-12-6-8-15(18-10-12)16(20)9-13-7-5-11-3-1-2-4-14(11)19-13/h1-8,10H,9H2. The van der Waals surface area contributed by atoms with Crippen molar-refractivity contribution in [3.05, 3.63) is 70.6 Å². The molecule has 0 fully saturated rings. The number of hydrogen-bond acceptors (Lipinski definition) is 3. The first-order chi connectivity index (χ1) is 9.72. The Morgan fingerprint density at radius 1 is 1.05 bits per heavy atom. The number of Topliss-reactive ketones (excluding diaryl/α,β-unsaturated/α-hetero) is 1. The highest BCUT2D eigenvalue weighted by Crippen LogP contribution is 2.14. The van der Waals surface area contributed by atoms with Crippen molar-refractivity contribution in [2.75, 3.05) is 0 Å². The zero-order valence-electron chi connectivity index (χ0n) is 10.6. The normalized spacial score (nSPS) is 10.7. The lowest BCUT2D eigenvalue weighted by molar-refractivity contribution is 0.0987. The van der Waals surface area contributed by atoms with E-state index >= 15 is 0 Å². The topological polar surface area (TPSA) is 42.9 Å². The third-order valence-corrected chi connectivity index (χ3v) is 3.48. The second-order valence-corrected chi connectivity index (χ2v) is 5.37. The van der Waals surface area contributed by atoms with E-state index in [1.807, 2.05) is 42.5 Å². The summed E-state index contributed by atoms with van der Waals surface area (Å²) in [5, 5.41) is 1.07. The molecule has 4 heteroatoms. The molecule has 1 aromatic carbocycles. The summed E-state index contributed by atoms with van der Waals surface area (Å²) in [6.07, 6.45) is 1.89. The molecule has 0 N–H and O–H groups in total. The summed E-state index contributed by atoms with van der Waals surface area (Å²) in [4.78, 5) is 20.8. The number of fused-ring (bicyclic) bond motifs is 1. The van der Waals surface area contributed by atoms with Gasteiger partial charge in [-0.2, -0.15) is 0 Å². The fraction of sp³-hybridized carbons (Fsp3) is 0.0625. The van der Waals surface area contributed by atoms with Crippen molar-refractivity contribution >= 4 is 32.6 Å². The van der Waals surface area contributed by atoms with E-state index in [0.717, 1.165) is 21.1 Å². The molecule has 0 saturated carbocycles. The number of rotatable bonds is 3. The van der Waals surface area contributed by atoms with E-state index in [0.29, 0.717) is 5.69 Å². The summed E-state index contributed by atoms with van der Waals surface area (Å²) >= 11 is 3.30. The molecule has 0 aliphatic heterocycles. The van der Waals surface area contributed by atoms with Crippen molar-refractivity contribution in [1.29, 1.82) is 0 Å². The summed E-state index contributed by atoms with van der Waals surface area (Å²) in [7, 11) is 0. The number of nitrogens with zero attached hydrogens (tertiary/aromatic N) is 2. The summed E-state index contributed by atoms with van der Waals surface area (Å²) in [6.45, 7) is 0. The van der Waals surface area contributed by atoms with Gasteiger partial charge >= 0.3 is 0 Å². The molecule has 0 radical (unpaired) electrons. The number of benzene rings is 1. The van der Waals surface area contributed by atoms with Crippen LogP contribution in [-0.4, -0.2) is 15.8 Å². The maximum absolute atomic E-state index is 12.1. The van der Waals surface area contributed by atoms with Gasteiger partial charge in [-0.05, 0) is 40.2 Å². The maximum Gasteiger partial charge on any atom is 0.187 e. The number of hydrogen-bond donors (Lipinski definition) is 0. The number of halogens is 1. The Balaban J connectivity index is 1.85. The predicted octanol–water partition coefficient (Wildman–Crippen LogP) is 3.82. The van der Waals surface area contributed by atoms with Gasteiger partial charge in [0.25, 0.3) is 0 Å². The Kier molecular flexibility index (Phi) is 3.56. The number of carbonyl (C=O) groups is 1. The molecule has 0 atom stereocenters. The molecular weight excluding hydrogens is 316 g/mol. The molecule has 0 bridgehead atoms. The van der Waals surface area contributed by atoms with E-state index < -0.39 is 0 Å². The average molecular weight is 327 g/mol. The van der Waals surface area contributed by atoms with Crippen molar-refractivity contribution in [1.82, 2.24) is 9.97 Å². The van der Waals surface area contributed by atoms with Gasteiger partial charge in [-0.15, -0.1) is 0 Å². The van der Waals surface area contributed by atoms with Crippen molar-refractivity contribution in [2.24, 2.45) is 0 Å². The molecule has 0 unspecified atom stereocenters. The second-order valence-electron chi connectivity index (χ2n) is 4.46. The van der Waals surface area contributed by atoms with Gasteiger partial charge in [-0.25, -0.2) is 0 Å². The number of pyridine rings is 2. The lowest BCUT2D eigenvalue weighted by Crippen LogP contribution is -2.07. The molecule has 3 nitrogen and oxygen atoms in total. The molecule has 0 aliphatic carbocycles. The van der Waals surface area contributed by atoms with Crippen LogP contribution in [0.2, 0.25) is 0 Å². The summed E-state index contributed by atoms with van der Waals surface area (Å²) in [6, 6.07) is 15.3. The first kappa shape index (κ1) is 12.9. The van der Waals surface area contributed by atoms with Crippen LogP contribution in [0.5, 0.6) is 0 Å². The van der Waals surface area contributed by atoms with Crippen LogP contribution in [0.1, 0.15) is 16.2 Å². The summed E-state index contributed by atoms with van der Waals surface area (Å²) in [5.41, 5.74) is 2.13. The molecule has 0 saturated heterocycles. The lowest BCUT2D eigenvalue weighted by atomic mass is 10.1. The van der Waals surface area contributed by atoms with E-state index in [4.69, 9.17) is 0 Å². The van der Waals surface area contributed by atoms with Crippen LogP contribution in [0, 0.1) is 0 Å². The molecule has 0 spiro atoms. The first-order valence-electron chi connectivity index (χ1n) is 6.22. The second kappa shape index (κ2) is 5.51. The smallest absolute Gasteiger partial charge is 0.187 e. The summed E-state index contributed by atoms with van der Waals surface area (Å²) in [5.74, 6) is -0.0275. The van der Waals surface area contributed by atoms with Gasteiger partial charge in [-0.3, -0.25) is 14.8 Å². The highest BCUT2D eigenvalue weighted by molar-refractivity contribution is 9.10. The predicted molar refractivity (Wildman–Crippen MR) is 81.7 cm³/mol. The van der Waals surface area contributed by atoms with Crippen molar-refractivity contribution in [2.45, 2.75) is 6.42 Å². The highest BCUT2D eigenvalue weighted by atomic mass is 79.9. The fourth-order valence-corrected chi connectivity index (χ4v) is 2.24. The third-order valence-electron chi connectivity index (χ3n) is 3.01. The Bertz CT molecular complexity index is 769. The van der Waals surface area contributed by atoms with E-state index in [1.54, 1.807) is 12.3 Å². The van der Waals surface area contributed by atoms with Gasteiger partial charge in [0.15, 0.2) is 5.78 Å². The SMILES string of the molecule is O=C(Cc1ccc2ccccc2n1)c1ccc(Br)cn1. The van der Waals surface area contributed by atoms with Crippen LogP contribution < -0.4 is 0 Å². The molecular formula is C16H11BrN2O. The van der Waals surface area contributed by atoms with E-state index in [2.05, 4.69) is 25.9 Å². The van der Waals surface area contributed by atoms with Crippen LogP contribution in [-0.2, 0) is 6.42 Å². The third kappa shape index (κ3) is 2.75. The van der Waals surface area contributed by atoms with E-state index in [-0.39, 0.29) is 12.2 Å². The largest absolute Gasteiger partial charge is 0.292 e. The van der Waals surface area contributed by atoms with Gasteiger partial charge in [0.2, 0.25) is 0 Å². The Hall–Kier alpha value is -2.07. The molecule has 2 heterocycles. The fourth-order valence-electron chi connectivity index (χ4n) is 2.00. The highest BCUT2D eigenvalue weighted by Gasteiger charge is 2.09. The summed E-state index contributed by atoms with van der Waals surface area (Å²) < 4.78 is 0.859. The number of carbonyl (C=O) groups excluding carboxylic acids is 1. The molecule has 20 heavy (non-hydrogen) atoms. The van der Waals surface area contributed by atoms with Crippen molar-refractivity contribution < 1.29 is 4.79 Å². The zero-order valence-corrected chi connectivity index (χ0v) is 12.2. The van der Waals surface area contributed by atoms with Crippen LogP contribution in [0.4, 0.5) is 0 Å². The van der Waals surface area contributed by atoms with Crippen LogP contribution in [0.15, 0.2) is 59.2 Å². The monoisotopic (exact) mass is 326 g/mol. The quantitative estimate of drug-likeness (QED) is 0.687. The van der Waals surface area contributed by atoms with E-state index in [9.17, 15) is 4.79 Å². The Morgan fingerprint density at radius 2 is 1.90 bits per heavy atom. The molecule has 3 aromatic rings. The maximum atomic E-state index is 12.1. The van der Waals surface area contributed by atoms with E-state index in [1.165, 1.54) is 0 Å². The van der Waals surface area contributed by atoms with Gasteiger partial charge in [0.1, 0.15) is 5.69 Å². The van der Waals surface area contributed by atoms with Crippen molar-refractivity contribution in [3.63, 3.8) is 0 Å². The van der Waals surface area contributed by atoms with Crippen LogP contribution in [0.25, 0.3) is 10.9 Å². The molecule has 3 rings (SSSR count). The number of aromatic nitrogens is 2. The van der Waals surface area contributed by atoms with Gasteiger partial charge in [0.05, 0.1) is 11.9 Å². The minimum atomic E-state index is -0.0275.